The van der Waals surface area contributed by atoms with Crippen molar-refractivity contribution >= 4 is 33.2 Å². The van der Waals surface area contributed by atoms with Crippen molar-refractivity contribution in [3.63, 3.8) is 0 Å². The van der Waals surface area contributed by atoms with Gasteiger partial charge in [-0.05, 0) is 25.0 Å². The molecule has 20 heavy (non-hydrogen) atoms. The van der Waals surface area contributed by atoms with Gasteiger partial charge in [-0.15, -0.1) is 0 Å². The summed E-state index contributed by atoms with van der Waals surface area (Å²) < 4.78 is 32.2. The minimum atomic E-state index is -3.74. The summed E-state index contributed by atoms with van der Waals surface area (Å²) in [5.41, 5.74) is 0.208. The minimum Gasteiger partial charge on any atom is -0.392 e. The molecule has 1 aliphatic carbocycles. The van der Waals surface area contributed by atoms with Gasteiger partial charge in [0, 0.05) is 23.7 Å². The molecular formula is C12H15Cl2NO4S. The van der Waals surface area contributed by atoms with Crippen LogP contribution in [-0.2, 0) is 21.4 Å². The van der Waals surface area contributed by atoms with Gasteiger partial charge in [-0.25, -0.2) is 13.1 Å². The molecule has 1 fully saturated rings. The molecule has 2 rings (SSSR count). The van der Waals surface area contributed by atoms with E-state index >= 15 is 0 Å². The van der Waals surface area contributed by atoms with Crippen LogP contribution >= 0.6 is 23.2 Å². The summed E-state index contributed by atoms with van der Waals surface area (Å²) in [4.78, 5) is -0.0755. The highest BCUT2D eigenvalue weighted by Gasteiger charge is 2.33. The van der Waals surface area contributed by atoms with Crippen LogP contribution in [0.5, 0.6) is 0 Å². The molecule has 0 heterocycles. The third-order valence-corrected chi connectivity index (χ3v) is 5.81. The first kappa shape index (κ1) is 16.0. The first-order valence-electron chi connectivity index (χ1n) is 6.02. The fourth-order valence-corrected chi connectivity index (χ4v) is 4.23. The van der Waals surface area contributed by atoms with Gasteiger partial charge in [-0.3, -0.25) is 0 Å². The zero-order chi connectivity index (χ0) is 14.9. The molecule has 0 bridgehead atoms. The number of aliphatic hydroxyl groups excluding tert-OH is 1. The SMILES string of the molecule is COC1CC(NS(=O)(=O)c2ccc(Cl)c(CO)c2Cl)C1. The Balaban J connectivity index is 2.22. The standard InChI is InChI=1S/C12H15Cl2NO4S/c1-19-8-4-7(5-8)15-20(17,18)11-3-2-10(13)9(6-16)12(11)14/h2-3,7-8,15-16H,4-6H2,1H3. The molecule has 0 aliphatic heterocycles. The Hall–Kier alpha value is -0.370. The highest BCUT2D eigenvalue weighted by atomic mass is 35.5. The monoisotopic (exact) mass is 339 g/mol. The number of nitrogens with one attached hydrogen (secondary N) is 1. The lowest BCUT2D eigenvalue weighted by Gasteiger charge is -2.34. The number of ether oxygens (including phenoxy) is 1. The summed E-state index contributed by atoms with van der Waals surface area (Å²) in [6.45, 7) is -0.420. The molecule has 1 aromatic rings. The zero-order valence-corrected chi connectivity index (χ0v) is 13.1. The summed E-state index contributed by atoms with van der Waals surface area (Å²) >= 11 is 11.9. The van der Waals surface area contributed by atoms with Crippen LogP contribution in [0, 0.1) is 0 Å². The molecule has 0 atom stereocenters. The maximum Gasteiger partial charge on any atom is 0.242 e. The predicted molar refractivity (Wildman–Crippen MR) is 76.5 cm³/mol. The first-order valence-corrected chi connectivity index (χ1v) is 8.25. The maximum atomic E-state index is 12.3. The number of benzene rings is 1. The molecule has 1 aliphatic rings. The van der Waals surface area contributed by atoms with Gasteiger partial charge in [0.2, 0.25) is 10.0 Å². The van der Waals surface area contributed by atoms with Gasteiger partial charge in [-0.1, -0.05) is 23.2 Å². The topological polar surface area (TPSA) is 75.6 Å². The second kappa shape index (κ2) is 6.17. The van der Waals surface area contributed by atoms with E-state index in [2.05, 4.69) is 4.72 Å². The molecule has 112 valence electrons. The second-order valence-electron chi connectivity index (χ2n) is 4.64. The Morgan fingerprint density at radius 3 is 2.60 bits per heavy atom. The number of methoxy groups -OCH3 is 1. The normalized spacial score (nSPS) is 22.6. The first-order chi connectivity index (χ1) is 9.39. The van der Waals surface area contributed by atoms with Gasteiger partial charge in [-0.2, -0.15) is 0 Å². The largest absolute Gasteiger partial charge is 0.392 e. The van der Waals surface area contributed by atoms with Crippen LogP contribution in [0.15, 0.2) is 17.0 Å². The van der Waals surface area contributed by atoms with Crippen LogP contribution in [-0.4, -0.2) is 32.8 Å². The second-order valence-corrected chi connectivity index (χ2v) is 7.11. The van der Waals surface area contributed by atoms with Gasteiger partial charge in [0.15, 0.2) is 0 Å². The lowest BCUT2D eigenvalue weighted by Crippen LogP contribution is -2.47. The van der Waals surface area contributed by atoms with E-state index in [1.165, 1.54) is 12.1 Å². The third kappa shape index (κ3) is 3.10. The number of sulfonamides is 1. The molecular weight excluding hydrogens is 325 g/mol. The van der Waals surface area contributed by atoms with Crippen molar-refractivity contribution in [3.05, 3.63) is 27.7 Å². The Morgan fingerprint density at radius 2 is 2.05 bits per heavy atom. The smallest absolute Gasteiger partial charge is 0.242 e. The lowest BCUT2D eigenvalue weighted by atomic mass is 9.90. The van der Waals surface area contributed by atoms with Crippen molar-refractivity contribution in [3.8, 4) is 0 Å². The summed E-state index contributed by atoms with van der Waals surface area (Å²) in [7, 11) is -2.14. The molecule has 0 aromatic heterocycles. The Bertz CT molecular complexity index is 600. The predicted octanol–water partition coefficient (Wildman–Crippen LogP) is 1.94. The zero-order valence-electron chi connectivity index (χ0n) is 10.8. The number of hydrogen-bond acceptors (Lipinski definition) is 4. The van der Waals surface area contributed by atoms with Gasteiger partial charge >= 0.3 is 0 Å². The summed E-state index contributed by atoms with van der Waals surface area (Å²) in [5, 5.41) is 9.38. The van der Waals surface area contributed by atoms with E-state index in [-0.39, 0.29) is 32.7 Å². The van der Waals surface area contributed by atoms with Gasteiger partial charge in [0.05, 0.1) is 17.7 Å². The third-order valence-electron chi connectivity index (χ3n) is 3.35. The Labute approximate surface area is 127 Å². The van der Waals surface area contributed by atoms with Crippen LogP contribution < -0.4 is 4.72 Å². The summed E-state index contributed by atoms with van der Waals surface area (Å²) in [5.74, 6) is 0. The van der Waals surface area contributed by atoms with Crippen molar-refractivity contribution in [2.75, 3.05) is 7.11 Å². The average Bonchev–Trinajstić information content (AvgIpc) is 2.33. The van der Waals surface area contributed by atoms with Crippen LogP contribution in [0.25, 0.3) is 0 Å². The van der Waals surface area contributed by atoms with E-state index in [1.807, 2.05) is 0 Å². The summed E-state index contributed by atoms with van der Waals surface area (Å²) in [6.07, 6.45) is 1.36. The number of aliphatic hydroxyl groups is 1. The van der Waals surface area contributed by atoms with E-state index < -0.39 is 16.6 Å². The Kier molecular flexibility index (Phi) is 4.94. The van der Waals surface area contributed by atoms with Crippen molar-refractivity contribution in [1.29, 1.82) is 0 Å². The van der Waals surface area contributed by atoms with E-state index in [1.54, 1.807) is 7.11 Å². The van der Waals surface area contributed by atoms with Crippen LogP contribution in [0.3, 0.4) is 0 Å². The number of halogens is 2. The lowest BCUT2D eigenvalue weighted by molar-refractivity contribution is 0.0236. The maximum absolute atomic E-state index is 12.3. The molecule has 8 heteroatoms. The van der Waals surface area contributed by atoms with E-state index in [0.717, 1.165) is 0 Å². The van der Waals surface area contributed by atoms with Gasteiger partial charge < -0.3 is 9.84 Å². The van der Waals surface area contributed by atoms with Crippen molar-refractivity contribution in [1.82, 2.24) is 4.72 Å². The Morgan fingerprint density at radius 1 is 1.40 bits per heavy atom. The molecule has 0 amide bonds. The number of hydrogen-bond donors (Lipinski definition) is 2. The highest BCUT2D eigenvalue weighted by Crippen LogP contribution is 2.32. The van der Waals surface area contributed by atoms with E-state index in [9.17, 15) is 13.5 Å². The number of rotatable bonds is 5. The molecule has 0 radical (unpaired) electrons. The fourth-order valence-electron chi connectivity index (χ4n) is 2.07. The molecule has 0 unspecified atom stereocenters. The molecule has 1 saturated carbocycles. The summed E-state index contributed by atoms with van der Waals surface area (Å²) in [6, 6.07) is 2.58. The van der Waals surface area contributed by atoms with Gasteiger partial charge in [0.25, 0.3) is 0 Å². The van der Waals surface area contributed by atoms with Crippen LogP contribution in [0.1, 0.15) is 18.4 Å². The van der Waals surface area contributed by atoms with E-state index in [4.69, 9.17) is 27.9 Å². The molecule has 2 N–H and O–H groups in total. The van der Waals surface area contributed by atoms with E-state index in [0.29, 0.717) is 12.8 Å². The quantitative estimate of drug-likeness (QED) is 0.859. The van der Waals surface area contributed by atoms with Crippen molar-refractivity contribution in [2.45, 2.75) is 36.5 Å². The highest BCUT2D eigenvalue weighted by molar-refractivity contribution is 7.89. The molecule has 0 saturated heterocycles. The molecule has 0 spiro atoms. The molecule has 5 nitrogen and oxygen atoms in total. The van der Waals surface area contributed by atoms with Crippen molar-refractivity contribution < 1.29 is 18.3 Å². The average molecular weight is 340 g/mol. The van der Waals surface area contributed by atoms with Crippen LogP contribution in [0.4, 0.5) is 0 Å². The van der Waals surface area contributed by atoms with Crippen molar-refractivity contribution in [2.24, 2.45) is 0 Å². The van der Waals surface area contributed by atoms with Gasteiger partial charge in [0.1, 0.15) is 4.90 Å². The van der Waals surface area contributed by atoms with Crippen LogP contribution in [0.2, 0.25) is 10.0 Å². The minimum absolute atomic E-state index is 0.0462. The molecule has 1 aromatic carbocycles. The fraction of sp³-hybridized carbons (Fsp3) is 0.500.